The molecule has 0 spiro atoms. The van der Waals surface area contributed by atoms with E-state index in [1.165, 1.54) is 22.4 Å². The molecule has 0 amide bonds. The fourth-order valence-corrected chi connectivity index (χ4v) is 4.17. The van der Waals surface area contributed by atoms with Crippen LogP contribution in [0.15, 0.2) is 60.8 Å². The molecule has 2 heterocycles. The highest BCUT2D eigenvalue weighted by Gasteiger charge is 2.29. The van der Waals surface area contributed by atoms with E-state index >= 15 is 0 Å². The van der Waals surface area contributed by atoms with Crippen molar-refractivity contribution in [1.29, 1.82) is 0 Å². The van der Waals surface area contributed by atoms with Crippen LogP contribution in [0, 0.1) is 24.0 Å². The molecule has 2 aromatic carbocycles. The SMILES string of the molecule is Cc1ccc([C@H]2c3cccn3CCCN2Cc2ccccc2[N+](=O)[O-])cc1C. The average molecular weight is 375 g/mol. The van der Waals surface area contributed by atoms with Gasteiger partial charge in [-0.2, -0.15) is 0 Å². The van der Waals surface area contributed by atoms with Gasteiger partial charge in [0.05, 0.1) is 11.0 Å². The van der Waals surface area contributed by atoms with E-state index in [9.17, 15) is 10.1 Å². The lowest BCUT2D eigenvalue weighted by molar-refractivity contribution is -0.385. The lowest BCUT2D eigenvalue weighted by atomic mass is 9.97. The zero-order valence-corrected chi connectivity index (χ0v) is 16.3. The molecule has 0 aliphatic carbocycles. The highest BCUT2D eigenvalue weighted by Crippen LogP contribution is 2.35. The van der Waals surface area contributed by atoms with E-state index in [4.69, 9.17) is 0 Å². The summed E-state index contributed by atoms with van der Waals surface area (Å²) in [5.41, 5.74) is 5.99. The first-order valence-electron chi connectivity index (χ1n) is 9.73. The Kier molecular flexibility index (Phi) is 5.01. The maximum atomic E-state index is 11.5. The van der Waals surface area contributed by atoms with Crippen LogP contribution in [0.5, 0.6) is 0 Å². The van der Waals surface area contributed by atoms with Gasteiger partial charge in [-0.1, -0.05) is 36.4 Å². The molecule has 4 rings (SSSR count). The Morgan fingerprint density at radius 2 is 1.86 bits per heavy atom. The predicted molar refractivity (Wildman–Crippen MR) is 110 cm³/mol. The monoisotopic (exact) mass is 375 g/mol. The van der Waals surface area contributed by atoms with Crippen molar-refractivity contribution < 1.29 is 4.92 Å². The number of para-hydroxylation sites is 1. The van der Waals surface area contributed by atoms with Crippen LogP contribution >= 0.6 is 0 Å². The van der Waals surface area contributed by atoms with Gasteiger partial charge in [-0.15, -0.1) is 0 Å². The van der Waals surface area contributed by atoms with Crippen LogP contribution in [0.2, 0.25) is 0 Å². The van der Waals surface area contributed by atoms with Gasteiger partial charge in [0.2, 0.25) is 0 Å². The fraction of sp³-hybridized carbons (Fsp3) is 0.304. The Hall–Kier alpha value is -2.92. The van der Waals surface area contributed by atoms with Crippen LogP contribution in [0.1, 0.15) is 40.4 Å². The Morgan fingerprint density at radius 1 is 1.04 bits per heavy atom. The molecule has 0 unspecified atom stereocenters. The zero-order valence-electron chi connectivity index (χ0n) is 16.3. The van der Waals surface area contributed by atoms with Crippen LogP contribution in [0.25, 0.3) is 0 Å². The summed E-state index contributed by atoms with van der Waals surface area (Å²) in [6.45, 7) is 6.68. The molecule has 0 radical (unpaired) electrons. The molecule has 144 valence electrons. The molecule has 1 aliphatic rings. The van der Waals surface area contributed by atoms with Gasteiger partial charge in [-0.25, -0.2) is 0 Å². The summed E-state index contributed by atoms with van der Waals surface area (Å²) in [4.78, 5) is 13.6. The van der Waals surface area contributed by atoms with Gasteiger partial charge in [-0.05, 0) is 49.1 Å². The molecule has 1 atom stereocenters. The summed E-state index contributed by atoms with van der Waals surface area (Å²) < 4.78 is 2.32. The molecule has 0 bridgehead atoms. The summed E-state index contributed by atoms with van der Waals surface area (Å²) in [7, 11) is 0. The Labute approximate surface area is 165 Å². The van der Waals surface area contributed by atoms with E-state index in [2.05, 4.69) is 59.8 Å². The standard InChI is InChI=1S/C23H25N3O2/c1-17-10-11-19(15-18(17)2)23-22-9-5-12-24(22)13-6-14-25(23)16-20-7-3-4-8-21(20)26(27)28/h3-5,7-12,15,23H,6,13-14,16H2,1-2H3/t23-/m0/s1. The Morgan fingerprint density at radius 3 is 2.64 bits per heavy atom. The quantitative estimate of drug-likeness (QED) is 0.476. The third-order valence-electron chi connectivity index (χ3n) is 5.76. The first kappa shape index (κ1) is 18.4. The third-order valence-corrected chi connectivity index (χ3v) is 5.76. The van der Waals surface area contributed by atoms with Crippen molar-refractivity contribution in [2.45, 2.75) is 39.4 Å². The molecular formula is C23H25N3O2. The van der Waals surface area contributed by atoms with Gasteiger partial charge in [0, 0.05) is 43.2 Å². The van der Waals surface area contributed by atoms with Crippen molar-refractivity contribution in [1.82, 2.24) is 9.47 Å². The molecule has 0 saturated carbocycles. The lowest BCUT2D eigenvalue weighted by Crippen LogP contribution is -2.29. The van der Waals surface area contributed by atoms with Gasteiger partial charge >= 0.3 is 0 Å². The zero-order chi connectivity index (χ0) is 19.7. The van der Waals surface area contributed by atoms with E-state index in [1.54, 1.807) is 12.1 Å². The molecule has 1 aromatic heterocycles. The third kappa shape index (κ3) is 3.45. The minimum Gasteiger partial charge on any atom is -0.350 e. The molecule has 3 aromatic rings. The van der Waals surface area contributed by atoms with Crippen molar-refractivity contribution in [2.24, 2.45) is 0 Å². The van der Waals surface area contributed by atoms with Gasteiger partial charge in [-0.3, -0.25) is 15.0 Å². The van der Waals surface area contributed by atoms with Gasteiger partial charge < -0.3 is 4.57 Å². The van der Waals surface area contributed by atoms with E-state index in [1.807, 2.05) is 12.1 Å². The molecular weight excluding hydrogens is 350 g/mol. The van der Waals surface area contributed by atoms with Crippen LogP contribution in [0.4, 0.5) is 5.69 Å². The predicted octanol–water partition coefficient (Wildman–Crippen LogP) is 5.01. The molecule has 0 saturated heterocycles. The van der Waals surface area contributed by atoms with Crippen LogP contribution in [-0.4, -0.2) is 20.9 Å². The van der Waals surface area contributed by atoms with Crippen molar-refractivity contribution in [3.63, 3.8) is 0 Å². The molecule has 1 aliphatic heterocycles. The topological polar surface area (TPSA) is 51.3 Å². The molecule has 5 heteroatoms. The second-order valence-corrected chi connectivity index (χ2v) is 7.58. The van der Waals surface area contributed by atoms with E-state index in [0.29, 0.717) is 6.54 Å². The number of rotatable bonds is 4. The molecule has 0 N–H and O–H groups in total. The second-order valence-electron chi connectivity index (χ2n) is 7.58. The second kappa shape index (κ2) is 7.60. The number of hydrogen-bond acceptors (Lipinski definition) is 3. The molecule has 28 heavy (non-hydrogen) atoms. The summed E-state index contributed by atoms with van der Waals surface area (Å²) >= 11 is 0. The lowest BCUT2D eigenvalue weighted by Gasteiger charge is -2.31. The minimum atomic E-state index is -0.277. The fourth-order valence-electron chi connectivity index (χ4n) is 4.17. The maximum Gasteiger partial charge on any atom is 0.273 e. The molecule has 5 nitrogen and oxygen atoms in total. The van der Waals surface area contributed by atoms with Crippen molar-refractivity contribution in [2.75, 3.05) is 6.54 Å². The number of benzene rings is 2. The summed E-state index contributed by atoms with van der Waals surface area (Å²) in [5, 5.41) is 11.5. The largest absolute Gasteiger partial charge is 0.350 e. The highest BCUT2D eigenvalue weighted by molar-refractivity contribution is 5.41. The van der Waals surface area contributed by atoms with Crippen molar-refractivity contribution >= 4 is 5.69 Å². The first-order chi connectivity index (χ1) is 13.5. The van der Waals surface area contributed by atoms with Crippen molar-refractivity contribution in [3.8, 4) is 0 Å². The van der Waals surface area contributed by atoms with Gasteiger partial charge in [0.1, 0.15) is 0 Å². The number of aryl methyl sites for hydroxylation is 3. The number of hydrogen-bond donors (Lipinski definition) is 0. The van der Waals surface area contributed by atoms with E-state index in [0.717, 1.165) is 25.1 Å². The maximum absolute atomic E-state index is 11.5. The average Bonchev–Trinajstić information content (AvgIpc) is 3.06. The summed E-state index contributed by atoms with van der Waals surface area (Å²) in [5.74, 6) is 0. The number of nitro groups is 1. The number of nitro benzene ring substituents is 1. The molecule has 0 fully saturated rings. The Balaban J connectivity index is 1.78. The van der Waals surface area contributed by atoms with E-state index in [-0.39, 0.29) is 16.7 Å². The number of nitrogens with zero attached hydrogens (tertiary/aromatic N) is 3. The van der Waals surface area contributed by atoms with Crippen LogP contribution < -0.4 is 0 Å². The Bertz CT molecular complexity index is 1010. The highest BCUT2D eigenvalue weighted by atomic mass is 16.6. The van der Waals surface area contributed by atoms with Crippen LogP contribution in [-0.2, 0) is 13.1 Å². The van der Waals surface area contributed by atoms with Crippen LogP contribution in [0.3, 0.4) is 0 Å². The van der Waals surface area contributed by atoms with E-state index < -0.39 is 0 Å². The number of aromatic nitrogens is 1. The number of fused-ring (bicyclic) bond motifs is 1. The van der Waals surface area contributed by atoms with Crippen molar-refractivity contribution in [3.05, 3.63) is 98.9 Å². The normalized spacial score (nSPS) is 17.1. The summed E-state index contributed by atoms with van der Waals surface area (Å²) in [6.07, 6.45) is 3.15. The van der Waals surface area contributed by atoms with Gasteiger partial charge in [0.25, 0.3) is 5.69 Å². The van der Waals surface area contributed by atoms with Gasteiger partial charge in [0.15, 0.2) is 0 Å². The smallest absolute Gasteiger partial charge is 0.273 e. The minimum absolute atomic E-state index is 0.0802. The summed E-state index contributed by atoms with van der Waals surface area (Å²) in [6, 6.07) is 18.1. The first-order valence-corrected chi connectivity index (χ1v) is 9.73.